The van der Waals surface area contributed by atoms with Crippen LogP contribution in [0.3, 0.4) is 0 Å². The number of rotatable bonds is 5. The molecule has 8 heteroatoms. The van der Waals surface area contributed by atoms with Crippen molar-refractivity contribution in [3.05, 3.63) is 41.7 Å². The summed E-state index contributed by atoms with van der Waals surface area (Å²) in [6, 6.07) is 7.00. The number of aromatic nitrogens is 2. The highest BCUT2D eigenvalue weighted by Gasteiger charge is 2.25. The lowest BCUT2D eigenvalue weighted by Crippen LogP contribution is -2.30. The lowest BCUT2D eigenvalue weighted by atomic mass is 9.96. The molecule has 1 fully saturated rings. The van der Waals surface area contributed by atoms with Gasteiger partial charge in [-0.1, -0.05) is 12.1 Å². The zero-order chi connectivity index (χ0) is 18.7. The number of nitrogens with zero attached hydrogens (tertiary/aromatic N) is 3. The van der Waals surface area contributed by atoms with Crippen LogP contribution in [-0.2, 0) is 16.4 Å². The number of nitrogens with one attached hydrogen (secondary N) is 1. The number of phenolic OH excluding ortho intramolecular Hbond substituents is 1. The number of sulfone groups is 1. The van der Waals surface area contributed by atoms with Crippen molar-refractivity contribution in [2.75, 3.05) is 31.3 Å². The van der Waals surface area contributed by atoms with Crippen LogP contribution in [0.25, 0.3) is 0 Å². The van der Waals surface area contributed by atoms with Crippen molar-refractivity contribution >= 4 is 15.8 Å². The van der Waals surface area contributed by atoms with Crippen LogP contribution in [0, 0.1) is 0 Å². The second kappa shape index (κ2) is 7.59. The van der Waals surface area contributed by atoms with Crippen molar-refractivity contribution in [1.82, 2.24) is 15.3 Å². The Bertz CT molecular complexity index is 880. The van der Waals surface area contributed by atoms with Crippen molar-refractivity contribution in [2.24, 2.45) is 0 Å². The molecule has 2 heterocycles. The number of piperidine rings is 1. The van der Waals surface area contributed by atoms with E-state index in [1.54, 1.807) is 18.2 Å². The van der Waals surface area contributed by atoms with Crippen molar-refractivity contribution in [1.29, 1.82) is 0 Å². The van der Waals surface area contributed by atoms with Gasteiger partial charge in [-0.05, 0) is 37.1 Å². The molecular formula is C18H24N4O3S. The second-order valence-corrected chi connectivity index (χ2v) is 8.75. The van der Waals surface area contributed by atoms with E-state index in [4.69, 9.17) is 0 Å². The summed E-state index contributed by atoms with van der Waals surface area (Å²) in [6.45, 7) is 2.17. The monoisotopic (exact) mass is 376 g/mol. The van der Waals surface area contributed by atoms with Gasteiger partial charge in [-0.3, -0.25) is 0 Å². The smallest absolute Gasteiger partial charge is 0.225 e. The van der Waals surface area contributed by atoms with Crippen molar-refractivity contribution in [2.45, 2.75) is 30.2 Å². The minimum Gasteiger partial charge on any atom is -0.508 e. The standard InChI is InChI=1S/C18H24N4O3S/c1-22(12-13-5-3-7-15(23)9-13)18-20-11-16(26(2,24)25)17(21-18)14-6-4-8-19-10-14/h3,5,7,9,11,14,19,23H,4,6,8,10,12H2,1-2H3/t14-/m0/s1. The van der Waals surface area contributed by atoms with E-state index in [0.29, 0.717) is 18.2 Å². The summed E-state index contributed by atoms with van der Waals surface area (Å²) in [5, 5.41) is 12.9. The number of hydrogen-bond donors (Lipinski definition) is 2. The molecule has 0 spiro atoms. The highest BCUT2D eigenvalue weighted by atomic mass is 32.2. The fraction of sp³-hybridized carbons (Fsp3) is 0.444. The number of hydrogen-bond acceptors (Lipinski definition) is 7. The van der Waals surface area contributed by atoms with Crippen molar-refractivity contribution in [3.8, 4) is 5.75 Å². The molecule has 3 rings (SSSR count). The van der Waals surface area contributed by atoms with Crippen molar-refractivity contribution < 1.29 is 13.5 Å². The van der Waals surface area contributed by atoms with E-state index in [-0.39, 0.29) is 16.6 Å². The fourth-order valence-electron chi connectivity index (χ4n) is 3.22. The molecule has 1 aromatic heterocycles. The van der Waals surface area contributed by atoms with Crippen LogP contribution in [0.5, 0.6) is 5.75 Å². The van der Waals surface area contributed by atoms with Gasteiger partial charge in [0.25, 0.3) is 0 Å². The molecule has 1 aliphatic rings. The molecule has 0 amide bonds. The Morgan fingerprint density at radius 2 is 2.19 bits per heavy atom. The molecule has 1 atom stereocenters. The van der Waals surface area contributed by atoms with E-state index in [1.165, 1.54) is 12.5 Å². The Labute approximate surface area is 154 Å². The molecule has 140 valence electrons. The third-order valence-corrected chi connectivity index (χ3v) is 5.64. The van der Waals surface area contributed by atoms with Crippen LogP contribution in [0.1, 0.15) is 30.0 Å². The first kappa shape index (κ1) is 18.6. The SMILES string of the molecule is CN(Cc1cccc(O)c1)c1ncc(S(C)(=O)=O)c([C@H]2CCCNC2)n1. The molecule has 0 saturated carbocycles. The number of phenols is 1. The molecule has 1 aromatic carbocycles. The second-order valence-electron chi connectivity index (χ2n) is 6.76. The maximum atomic E-state index is 12.2. The summed E-state index contributed by atoms with van der Waals surface area (Å²) in [6.07, 6.45) is 4.51. The molecule has 26 heavy (non-hydrogen) atoms. The van der Waals surface area contributed by atoms with Gasteiger partial charge in [-0.25, -0.2) is 18.4 Å². The van der Waals surface area contributed by atoms with Gasteiger partial charge < -0.3 is 15.3 Å². The Hall–Kier alpha value is -2.19. The molecule has 0 aliphatic carbocycles. The molecule has 1 saturated heterocycles. The summed E-state index contributed by atoms with van der Waals surface area (Å²) >= 11 is 0. The lowest BCUT2D eigenvalue weighted by Gasteiger charge is -2.25. The minimum absolute atomic E-state index is 0.0596. The van der Waals surface area contributed by atoms with Gasteiger partial charge in [0, 0.05) is 32.3 Å². The zero-order valence-electron chi connectivity index (χ0n) is 15.0. The van der Waals surface area contributed by atoms with E-state index in [2.05, 4.69) is 15.3 Å². The van der Waals surface area contributed by atoms with Crippen LogP contribution in [-0.4, -0.2) is 49.9 Å². The van der Waals surface area contributed by atoms with Crippen LogP contribution in [0.2, 0.25) is 0 Å². The predicted molar refractivity (Wildman–Crippen MR) is 100 cm³/mol. The Balaban J connectivity index is 1.92. The van der Waals surface area contributed by atoms with E-state index < -0.39 is 9.84 Å². The summed E-state index contributed by atoms with van der Waals surface area (Å²) < 4.78 is 24.3. The first-order valence-corrected chi connectivity index (χ1v) is 10.5. The van der Waals surface area contributed by atoms with E-state index in [9.17, 15) is 13.5 Å². The van der Waals surface area contributed by atoms with Crippen LogP contribution >= 0.6 is 0 Å². The van der Waals surface area contributed by atoms with Gasteiger partial charge in [0.15, 0.2) is 9.84 Å². The molecule has 2 aromatic rings. The van der Waals surface area contributed by atoms with Gasteiger partial charge in [-0.15, -0.1) is 0 Å². The average Bonchev–Trinajstić information content (AvgIpc) is 2.61. The van der Waals surface area contributed by atoms with Crippen LogP contribution < -0.4 is 10.2 Å². The van der Waals surface area contributed by atoms with Crippen molar-refractivity contribution in [3.63, 3.8) is 0 Å². The van der Waals surface area contributed by atoms with E-state index >= 15 is 0 Å². The van der Waals surface area contributed by atoms with Gasteiger partial charge in [0.2, 0.25) is 5.95 Å². The largest absolute Gasteiger partial charge is 0.508 e. The lowest BCUT2D eigenvalue weighted by molar-refractivity contribution is 0.447. The summed E-state index contributed by atoms with van der Waals surface area (Å²) in [5.41, 5.74) is 1.51. The quantitative estimate of drug-likeness (QED) is 0.820. The molecule has 2 N–H and O–H groups in total. The average molecular weight is 376 g/mol. The first-order valence-electron chi connectivity index (χ1n) is 8.61. The van der Waals surface area contributed by atoms with Gasteiger partial charge in [0.1, 0.15) is 10.6 Å². The first-order chi connectivity index (χ1) is 12.3. The van der Waals surface area contributed by atoms with Gasteiger partial charge in [0.05, 0.1) is 11.9 Å². The summed E-state index contributed by atoms with van der Waals surface area (Å²) in [7, 11) is -1.54. The minimum atomic E-state index is -3.39. The molecule has 7 nitrogen and oxygen atoms in total. The normalized spacial score (nSPS) is 17.8. The third-order valence-electron chi connectivity index (χ3n) is 4.52. The number of benzene rings is 1. The summed E-state index contributed by atoms with van der Waals surface area (Å²) in [5.74, 6) is 0.740. The molecule has 0 radical (unpaired) electrons. The molecule has 1 aliphatic heterocycles. The van der Waals surface area contributed by atoms with E-state index in [1.807, 2.05) is 18.0 Å². The Kier molecular flexibility index (Phi) is 5.43. The third kappa shape index (κ3) is 4.31. The summed E-state index contributed by atoms with van der Waals surface area (Å²) in [4.78, 5) is 10.9. The molecular weight excluding hydrogens is 352 g/mol. The van der Waals surface area contributed by atoms with Crippen LogP contribution in [0.4, 0.5) is 5.95 Å². The molecule has 0 unspecified atom stereocenters. The Morgan fingerprint density at radius 1 is 1.38 bits per heavy atom. The van der Waals surface area contributed by atoms with Gasteiger partial charge in [-0.2, -0.15) is 0 Å². The molecule has 0 bridgehead atoms. The topological polar surface area (TPSA) is 95.4 Å². The maximum Gasteiger partial charge on any atom is 0.225 e. The van der Waals surface area contributed by atoms with Crippen LogP contribution in [0.15, 0.2) is 35.4 Å². The number of aromatic hydroxyl groups is 1. The zero-order valence-corrected chi connectivity index (χ0v) is 15.8. The van der Waals surface area contributed by atoms with E-state index in [0.717, 1.165) is 31.5 Å². The Morgan fingerprint density at radius 3 is 2.85 bits per heavy atom. The fourth-order valence-corrected chi connectivity index (χ4v) is 4.06. The van der Waals surface area contributed by atoms with Gasteiger partial charge >= 0.3 is 0 Å². The highest BCUT2D eigenvalue weighted by Crippen LogP contribution is 2.28. The predicted octanol–water partition coefficient (Wildman–Crippen LogP) is 1.69. The maximum absolute atomic E-state index is 12.2. The number of anilines is 1. The highest BCUT2D eigenvalue weighted by molar-refractivity contribution is 7.90.